The highest BCUT2D eigenvalue weighted by Gasteiger charge is 2.28. The summed E-state index contributed by atoms with van der Waals surface area (Å²) in [6, 6.07) is 9.07. The van der Waals surface area contributed by atoms with Crippen LogP contribution >= 0.6 is 0 Å². The summed E-state index contributed by atoms with van der Waals surface area (Å²) < 4.78 is 0. The number of hydrogen-bond donors (Lipinski definition) is 1. The maximum atomic E-state index is 5.74. The molecule has 0 spiro atoms. The number of nitrogens with zero attached hydrogens (tertiary/aromatic N) is 2. The van der Waals surface area contributed by atoms with Crippen LogP contribution in [0.5, 0.6) is 0 Å². The molecular weight excluding hydrogens is 210 g/mol. The van der Waals surface area contributed by atoms with Crippen molar-refractivity contribution in [3.8, 4) is 0 Å². The fourth-order valence-electron chi connectivity index (χ4n) is 3.08. The third-order valence-electron chi connectivity index (χ3n) is 4.10. The Morgan fingerprint density at radius 1 is 1.00 bits per heavy atom. The molecule has 0 radical (unpaired) electrons. The van der Waals surface area contributed by atoms with E-state index in [9.17, 15) is 0 Å². The van der Waals surface area contributed by atoms with Crippen LogP contribution in [0.15, 0.2) is 24.3 Å². The summed E-state index contributed by atoms with van der Waals surface area (Å²) in [7, 11) is 0. The van der Waals surface area contributed by atoms with E-state index in [4.69, 9.17) is 5.73 Å². The number of piperidine rings is 1. The van der Waals surface area contributed by atoms with Gasteiger partial charge in [-0.05, 0) is 43.7 Å². The Hall–Kier alpha value is -1.22. The van der Waals surface area contributed by atoms with Crippen molar-refractivity contribution in [3.05, 3.63) is 24.3 Å². The van der Waals surface area contributed by atoms with Crippen LogP contribution in [0.25, 0.3) is 0 Å². The van der Waals surface area contributed by atoms with Crippen molar-refractivity contribution >= 4 is 11.4 Å². The van der Waals surface area contributed by atoms with Gasteiger partial charge < -0.3 is 10.6 Å². The lowest BCUT2D eigenvalue weighted by Gasteiger charge is -2.44. The predicted octanol–water partition coefficient (Wildman–Crippen LogP) is 1.94. The number of benzene rings is 1. The minimum absolute atomic E-state index is 0.773. The minimum Gasteiger partial charge on any atom is -0.399 e. The molecule has 3 heteroatoms. The maximum absolute atomic E-state index is 5.74. The first-order valence-corrected chi connectivity index (χ1v) is 6.67. The van der Waals surface area contributed by atoms with Gasteiger partial charge in [-0.1, -0.05) is 6.42 Å². The average molecular weight is 231 g/mol. The Morgan fingerprint density at radius 3 is 2.65 bits per heavy atom. The van der Waals surface area contributed by atoms with E-state index >= 15 is 0 Å². The molecule has 17 heavy (non-hydrogen) atoms. The lowest BCUT2D eigenvalue weighted by Crippen LogP contribution is -2.54. The number of piperazine rings is 1. The van der Waals surface area contributed by atoms with Crippen molar-refractivity contribution in [3.63, 3.8) is 0 Å². The van der Waals surface area contributed by atoms with E-state index in [2.05, 4.69) is 21.9 Å². The van der Waals surface area contributed by atoms with Gasteiger partial charge in [0.2, 0.25) is 0 Å². The van der Waals surface area contributed by atoms with Crippen molar-refractivity contribution in [1.29, 1.82) is 0 Å². The molecule has 1 aromatic rings. The zero-order chi connectivity index (χ0) is 11.7. The minimum atomic E-state index is 0.773. The van der Waals surface area contributed by atoms with Crippen LogP contribution in [0, 0.1) is 0 Å². The topological polar surface area (TPSA) is 32.5 Å². The predicted molar refractivity (Wildman–Crippen MR) is 72.3 cm³/mol. The molecule has 2 saturated heterocycles. The molecule has 0 saturated carbocycles. The average Bonchev–Trinajstić information content (AvgIpc) is 2.39. The van der Waals surface area contributed by atoms with E-state index in [1.165, 1.54) is 44.6 Å². The van der Waals surface area contributed by atoms with Gasteiger partial charge in [0.05, 0.1) is 0 Å². The normalized spacial score (nSPS) is 25.6. The third kappa shape index (κ3) is 2.25. The summed E-state index contributed by atoms with van der Waals surface area (Å²) >= 11 is 0. The maximum Gasteiger partial charge on any atom is 0.0368 e. The van der Waals surface area contributed by atoms with Crippen molar-refractivity contribution in [2.24, 2.45) is 0 Å². The van der Waals surface area contributed by atoms with Crippen LogP contribution in [0.4, 0.5) is 11.4 Å². The molecule has 0 aliphatic carbocycles. The number of nitrogens with two attached hydrogens (primary N) is 1. The van der Waals surface area contributed by atoms with Crippen LogP contribution in [-0.2, 0) is 0 Å². The van der Waals surface area contributed by atoms with E-state index in [1.54, 1.807) is 0 Å². The molecule has 2 N–H and O–H groups in total. The summed E-state index contributed by atoms with van der Waals surface area (Å²) in [4.78, 5) is 5.17. The quantitative estimate of drug-likeness (QED) is 0.750. The zero-order valence-corrected chi connectivity index (χ0v) is 10.3. The molecule has 0 amide bonds. The number of fused-ring (bicyclic) bond motifs is 1. The molecule has 3 rings (SSSR count). The number of anilines is 2. The van der Waals surface area contributed by atoms with E-state index in [-0.39, 0.29) is 0 Å². The van der Waals surface area contributed by atoms with Crippen LogP contribution in [0.1, 0.15) is 19.3 Å². The zero-order valence-electron chi connectivity index (χ0n) is 10.3. The van der Waals surface area contributed by atoms with Gasteiger partial charge in [-0.2, -0.15) is 0 Å². The van der Waals surface area contributed by atoms with Crippen LogP contribution in [0.2, 0.25) is 0 Å². The van der Waals surface area contributed by atoms with Gasteiger partial charge in [0.1, 0.15) is 0 Å². The van der Waals surface area contributed by atoms with Crippen molar-refractivity contribution in [1.82, 2.24) is 4.90 Å². The largest absolute Gasteiger partial charge is 0.399 e. The van der Waals surface area contributed by atoms with Gasteiger partial charge in [0.25, 0.3) is 0 Å². The van der Waals surface area contributed by atoms with Crippen LogP contribution in [-0.4, -0.2) is 37.1 Å². The molecule has 2 aliphatic rings. The first-order valence-electron chi connectivity index (χ1n) is 6.67. The highest BCUT2D eigenvalue weighted by atomic mass is 15.3. The second kappa shape index (κ2) is 4.57. The van der Waals surface area contributed by atoms with Gasteiger partial charge in [0, 0.05) is 37.1 Å². The van der Waals surface area contributed by atoms with Crippen molar-refractivity contribution in [2.75, 3.05) is 36.8 Å². The molecule has 1 aromatic carbocycles. The van der Waals surface area contributed by atoms with Crippen LogP contribution < -0.4 is 10.6 Å². The fraction of sp³-hybridized carbons (Fsp3) is 0.571. The highest BCUT2D eigenvalue weighted by Crippen LogP contribution is 2.25. The van der Waals surface area contributed by atoms with Gasteiger partial charge >= 0.3 is 0 Å². The molecule has 0 bridgehead atoms. The van der Waals surface area contributed by atoms with Crippen LogP contribution in [0.3, 0.4) is 0 Å². The fourth-order valence-corrected chi connectivity index (χ4v) is 3.08. The number of rotatable bonds is 1. The molecule has 1 atom stereocenters. The Kier molecular flexibility index (Phi) is 2.93. The lowest BCUT2D eigenvalue weighted by atomic mass is 9.99. The van der Waals surface area contributed by atoms with Gasteiger partial charge in [-0.15, -0.1) is 0 Å². The van der Waals surface area contributed by atoms with E-state index < -0.39 is 0 Å². The Morgan fingerprint density at radius 2 is 1.82 bits per heavy atom. The Balaban J connectivity index is 1.71. The molecule has 92 valence electrons. The summed E-state index contributed by atoms with van der Waals surface area (Å²) in [6.07, 6.45) is 4.15. The SMILES string of the molecule is Nc1ccc(N2CCN3CCCC[C@H]3C2)cc1. The van der Waals surface area contributed by atoms with E-state index in [0.717, 1.165) is 18.3 Å². The standard InChI is InChI=1S/C14H21N3/c15-12-4-6-13(7-5-12)17-10-9-16-8-2-1-3-14(16)11-17/h4-7,14H,1-3,8-11,15H2/t14-/m0/s1. The summed E-state index contributed by atoms with van der Waals surface area (Å²) in [5.41, 5.74) is 7.91. The van der Waals surface area contributed by atoms with Gasteiger partial charge in [0.15, 0.2) is 0 Å². The Labute approximate surface area is 103 Å². The van der Waals surface area contributed by atoms with E-state index in [1.807, 2.05) is 12.1 Å². The first-order chi connectivity index (χ1) is 8.33. The summed E-state index contributed by atoms with van der Waals surface area (Å²) in [6.45, 7) is 4.86. The second-order valence-electron chi connectivity index (χ2n) is 5.22. The molecule has 3 nitrogen and oxygen atoms in total. The smallest absolute Gasteiger partial charge is 0.0368 e. The lowest BCUT2D eigenvalue weighted by molar-refractivity contribution is 0.133. The molecule has 2 fully saturated rings. The summed E-state index contributed by atoms with van der Waals surface area (Å²) in [5.74, 6) is 0. The molecule has 2 heterocycles. The molecular formula is C14H21N3. The number of hydrogen-bond acceptors (Lipinski definition) is 3. The molecule has 0 unspecified atom stereocenters. The second-order valence-corrected chi connectivity index (χ2v) is 5.22. The van der Waals surface area contributed by atoms with Gasteiger partial charge in [-0.3, -0.25) is 4.90 Å². The van der Waals surface area contributed by atoms with E-state index in [0.29, 0.717) is 0 Å². The molecule has 2 aliphatic heterocycles. The third-order valence-corrected chi connectivity index (χ3v) is 4.10. The number of nitrogen functional groups attached to an aromatic ring is 1. The van der Waals surface area contributed by atoms with Gasteiger partial charge in [-0.25, -0.2) is 0 Å². The van der Waals surface area contributed by atoms with Crippen molar-refractivity contribution < 1.29 is 0 Å². The summed E-state index contributed by atoms with van der Waals surface area (Å²) in [5, 5.41) is 0. The molecule has 0 aromatic heterocycles. The Bertz CT molecular complexity index is 374. The van der Waals surface area contributed by atoms with Crippen molar-refractivity contribution in [2.45, 2.75) is 25.3 Å². The monoisotopic (exact) mass is 231 g/mol. The first kappa shape index (κ1) is 10.9. The highest BCUT2D eigenvalue weighted by molar-refractivity contribution is 5.53.